The van der Waals surface area contributed by atoms with Gasteiger partial charge in [-0.3, -0.25) is 0 Å². The molecule has 3 unspecified atom stereocenters. The minimum atomic E-state index is 0.465. The average Bonchev–Trinajstić information content (AvgIpc) is 2.34. The summed E-state index contributed by atoms with van der Waals surface area (Å²) in [4.78, 5) is 0. The quantitative estimate of drug-likeness (QED) is 0.719. The Labute approximate surface area is 106 Å². The lowest BCUT2D eigenvalue weighted by atomic mass is 9.83. The summed E-state index contributed by atoms with van der Waals surface area (Å²) in [7, 11) is 0. The molecule has 3 nitrogen and oxygen atoms in total. The van der Waals surface area contributed by atoms with E-state index in [1.54, 1.807) is 0 Å². The lowest BCUT2D eigenvalue weighted by Crippen LogP contribution is -2.50. The van der Waals surface area contributed by atoms with Crippen LogP contribution in [0.25, 0.3) is 0 Å². The van der Waals surface area contributed by atoms with Gasteiger partial charge < -0.3 is 15.8 Å². The van der Waals surface area contributed by atoms with Gasteiger partial charge in [-0.2, -0.15) is 0 Å². The fourth-order valence-corrected chi connectivity index (χ4v) is 2.66. The molecule has 3 N–H and O–H groups in total. The highest BCUT2D eigenvalue weighted by atomic mass is 16.5. The average molecular weight is 242 g/mol. The number of nitrogens with two attached hydrogens (primary N) is 1. The molecule has 3 atom stereocenters. The molecule has 0 aromatic heterocycles. The first-order chi connectivity index (χ1) is 8.19. The van der Waals surface area contributed by atoms with E-state index in [-0.39, 0.29) is 0 Å². The molecule has 0 aromatic rings. The minimum absolute atomic E-state index is 0.465. The fraction of sp³-hybridized carbons (Fsp3) is 1.00. The molecule has 0 radical (unpaired) electrons. The Balaban J connectivity index is 2.45. The number of ether oxygens (including phenoxy) is 1. The van der Waals surface area contributed by atoms with E-state index in [0.717, 1.165) is 19.8 Å². The van der Waals surface area contributed by atoms with Gasteiger partial charge in [0.2, 0.25) is 0 Å². The zero-order chi connectivity index (χ0) is 12.7. The van der Waals surface area contributed by atoms with Crippen LogP contribution in [0, 0.1) is 11.8 Å². The molecule has 1 fully saturated rings. The number of hydrogen-bond acceptors (Lipinski definition) is 3. The van der Waals surface area contributed by atoms with Gasteiger partial charge in [-0.15, -0.1) is 0 Å². The maximum atomic E-state index is 5.87. The first-order valence-electron chi connectivity index (χ1n) is 7.22. The third-order valence-electron chi connectivity index (χ3n) is 3.95. The van der Waals surface area contributed by atoms with E-state index in [0.29, 0.717) is 23.9 Å². The summed E-state index contributed by atoms with van der Waals surface area (Å²) in [5, 5.41) is 3.79. The largest absolute Gasteiger partial charge is 0.380 e. The first-order valence-corrected chi connectivity index (χ1v) is 7.22. The smallest absolute Gasteiger partial charge is 0.0622 e. The van der Waals surface area contributed by atoms with Gasteiger partial charge in [0.05, 0.1) is 6.61 Å². The van der Waals surface area contributed by atoms with Crippen molar-refractivity contribution in [3.8, 4) is 0 Å². The second-order valence-electron chi connectivity index (χ2n) is 5.56. The number of hydrogen-bond donors (Lipinski definition) is 2. The van der Waals surface area contributed by atoms with E-state index in [2.05, 4.69) is 26.1 Å². The highest BCUT2D eigenvalue weighted by Crippen LogP contribution is 2.24. The summed E-state index contributed by atoms with van der Waals surface area (Å²) < 4.78 is 5.57. The Hall–Kier alpha value is -0.120. The summed E-state index contributed by atoms with van der Waals surface area (Å²) >= 11 is 0. The van der Waals surface area contributed by atoms with Crippen molar-refractivity contribution in [3.05, 3.63) is 0 Å². The Morgan fingerprint density at radius 3 is 2.59 bits per heavy atom. The fourth-order valence-electron chi connectivity index (χ4n) is 2.66. The van der Waals surface area contributed by atoms with Crippen molar-refractivity contribution < 1.29 is 4.74 Å². The predicted molar refractivity (Wildman–Crippen MR) is 73.1 cm³/mol. The first kappa shape index (κ1) is 14.9. The van der Waals surface area contributed by atoms with Gasteiger partial charge in [-0.05, 0) is 38.1 Å². The molecule has 0 aliphatic heterocycles. The number of rotatable bonds is 7. The van der Waals surface area contributed by atoms with Crippen molar-refractivity contribution in [2.75, 3.05) is 19.8 Å². The molecule has 17 heavy (non-hydrogen) atoms. The topological polar surface area (TPSA) is 47.3 Å². The van der Waals surface area contributed by atoms with E-state index in [4.69, 9.17) is 10.5 Å². The lowest BCUT2D eigenvalue weighted by molar-refractivity contribution is 0.0941. The highest BCUT2D eigenvalue weighted by molar-refractivity contribution is 4.85. The van der Waals surface area contributed by atoms with Crippen molar-refractivity contribution in [2.45, 2.75) is 58.5 Å². The molecule has 102 valence electrons. The normalized spacial score (nSPS) is 27.4. The van der Waals surface area contributed by atoms with Gasteiger partial charge in [0.25, 0.3) is 0 Å². The van der Waals surface area contributed by atoms with Crippen LogP contribution < -0.4 is 11.1 Å². The molecule has 0 bridgehead atoms. The highest BCUT2D eigenvalue weighted by Gasteiger charge is 2.27. The van der Waals surface area contributed by atoms with Crippen LogP contribution in [0.15, 0.2) is 0 Å². The SMILES string of the molecule is CCOCC(NC1CCCCC1CN)C(C)C. The van der Waals surface area contributed by atoms with Gasteiger partial charge in [-0.25, -0.2) is 0 Å². The van der Waals surface area contributed by atoms with Crippen molar-refractivity contribution in [1.82, 2.24) is 5.32 Å². The van der Waals surface area contributed by atoms with Crippen molar-refractivity contribution in [3.63, 3.8) is 0 Å². The van der Waals surface area contributed by atoms with Crippen LogP contribution in [0.5, 0.6) is 0 Å². The monoisotopic (exact) mass is 242 g/mol. The number of nitrogens with one attached hydrogen (secondary N) is 1. The molecule has 0 spiro atoms. The summed E-state index contributed by atoms with van der Waals surface area (Å²) in [5.74, 6) is 1.27. The zero-order valence-electron chi connectivity index (χ0n) is 11.7. The van der Waals surface area contributed by atoms with Crippen molar-refractivity contribution in [2.24, 2.45) is 17.6 Å². The minimum Gasteiger partial charge on any atom is -0.380 e. The van der Waals surface area contributed by atoms with Crippen LogP contribution in [0.2, 0.25) is 0 Å². The van der Waals surface area contributed by atoms with Crippen molar-refractivity contribution >= 4 is 0 Å². The van der Waals surface area contributed by atoms with Gasteiger partial charge in [-0.1, -0.05) is 26.7 Å². The lowest BCUT2D eigenvalue weighted by Gasteiger charge is -2.36. The molecular weight excluding hydrogens is 212 g/mol. The van der Waals surface area contributed by atoms with Crippen LogP contribution in [-0.4, -0.2) is 31.8 Å². The third-order valence-corrected chi connectivity index (χ3v) is 3.95. The maximum absolute atomic E-state index is 5.87. The van der Waals surface area contributed by atoms with E-state index in [1.165, 1.54) is 25.7 Å². The molecule has 0 aromatic carbocycles. The Kier molecular flexibility index (Phi) is 7.09. The molecule has 0 amide bonds. The summed E-state index contributed by atoms with van der Waals surface area (Å²) in [6, 6.07) is 1.06. The summed E-state index contributed by atoms with van der Waals surface area (Å²) in [5.41, 5.74) is 5.87. The van der Waals surface area contributed by atoms with Gasteiger partial charge in [0.1, 0.15) is 0 Å². The van der Waals surface area contributed by atoms with Crippen molar-refractivity contribution in [1.29, 1.82) is 0 Å². The molecule has 0 saturated heterocycles. The van der Waals surface area contributed by atoms with E-state index in [1.807, 2.05) is 0 Å². The van der Waals surface area contributed by atoms with E-state index < -0.39 is 0 Å². The van der Waals surface area contributed by atoms with Crippen LogP contribution in [-0.2, 0) is 4.74 Å². The van der Waals surface area contributed by atoms with E-state index in [9.17, 15) is 0 Å². The van der Waals surface area contributed by atoms with Gasteiger partial charge in [0.15, 0.2) is 0 Å². The Morgan fingerprint density at radius 1 is 1.29 bits per heavy atom. The zero-order valence-corrected chi connectivity index (χ0v) is 11.7. The molecule has 1 aliphatic rings. The van der Waals surface area contributed by atoms with Gasteiger partial charge >= 0.3 is 0 Å². The third kappa shape index (κ3) is 4.94. The molecule has 1 aliphatic carbocycles. The predicted octanol–water partition coefficient (Wildman–Crippen LogP) is 2.15. The Bertz CT molecular complexity index is 197. The van der Waals surface area contributed by atoms with Crippen LogP contribution in [0.3, 0.4) is 0 Å². The van der Waals surface area contributed by atoms with Crippen LogP contribution in [0.1, 0.15) is 46.5 Å². The second kappa shape index (κ2) is 8.06. The molecule has 3 heteroatoms. The molecule has 1 rings (SSSR count). The summed E-state index contributed by atoms with van der Waals surface area (Å²) in [6.07, 6.45) is 5.25. The Morgan fingerprint density at radius 2 is 2.00 bits per heavy atom. The molecular formula is C14H30N2O. The van der Waals surface area contributed by atoms with Gasteiger partial charge in [0, 0.05) is 18.7 Å². The van der Waals surface area contributed by atoms with E-state index >= 15 is 0 Å². The second-order valence-corrected chi connectivity index (χ2v) is 5.56. The standard InChI is InChI=1S/C14H30N2O/c1-4-17-10-14(11(2)3)16-13-8-6-5-7-12(13)9-15/h11-14,16H,4-10,15H2,1-3H3. The van der Waals surface area contributed by atoms with Crippen LogP contribution >= 0.6 is 0 Å². The molecule has 1 saturated carbocycles. The maximum Gasteiger partial charge on any atom is 0.0622 e. The summed E-state index contributed by atoms with van der Waals surface area (Å²) in [6.45, 7) is 9.02. The van der Waals surface area contributed by atoms with Crippen LogP contribution in [0.4, 0.5) is 0 Å². The molecule has 0 heterocycles.